The van der Waals surface area contributed by atoms with Gasteiger partial charge in [0.1, 0.15) is 73.2 Å². The first-order valence-electron chi connectivity index (χ1n) is 39.4. The molecule has 19 nitrogen and oxygen atoms in total. The van der Waals surface area contributed by atoms with Crippen molar-refractivity contribution >= 4 is 5.91 Å². The number of allylic oxidation sites excluding steroid dienone is 8. The third-order valence-corrected chi connectivity index (χ3v) is 19.7. The van der Waals surface area contributed by atoms with Crippen LogP contribution in [0.2, 0.25) is 0 Å². The quantitative estimate of drug-likeness (QED) is 0.0199. The average Bonchev–Trinajstić information content (AvgIpc) is 0.792. The van der Waals surface area contributed by atoms with E-state index in [2.05, 4.69) is 67.8 Å². The second kappa shape index (κ2) is 59.2. The van der Waals surface area contributed by atoms with Crippen molar-refractivity contribution in [3.05, 3.63) is 48.6 Å². The third kappa shape index (κ3) is 39.8. The first-order chi connectivity index (χ1) is 47.3. The number of hydrogen-bond donors (Lipinski definition) is 12. The highest BCUT2D eigenvalue weighted by Crippen LogP contribution is 2.33. The molecular formula is C78H143NO18. The number of hydrogen-bond acceptors (Lipinski definition) is 18. The Morgan fingerprint density at radius 3 is 1.11 bits per heavy atom. The summed E-state index contributed by atoms with van der Waals surface area (Å²) in [6.07, 6.45) is 46.3. The molecule has 17 unspecified atom stereocenters. The molecule has 0 saturated carbocycles. The van der Waals surface area contributed by atoms with E-state index in [1.807, 2.05) is 0 Å². The summed E-state index contributed by atoms with van der Waals surface area (Å²) in [5.74, 6) is -0.237. The van der Waals surface area contributed by atoms with Crippen molar-refractivity contribution in [1.82, 2.24) is 5.32 Å². The van der Waals surface area contributed by atoms with Gasteiger partial charge >= 0.3 is 0 Å². The van der Waals surface area contributed by atoms with Gasteiger partial charge in [0.15, 0.2) is 18.9 Å². The molecule has 1 amide bonds. The van der Waals surface area contributed by atoms with Gasteiger partial charge in [-0.15, -0.1) is 0 Å². The number of aliphatic hydroxyl groups is 11. The van der Waals surface area contributed by atoms with Gasteiger partial charge in [0.25, 0.3) is 0 Å². The van der Waals surface area contributed by atoms with Gasteiger partial charge in [-0.05, 0) is 51.4 Å². The number of amides is 1. The minimum absolute atomic E-state index is 0.237. The van der Waals surface area contributed by atoms with Gasteiger partial charge in [0, 0.05) is 6.42 Å². The maximum atomic E-state index is 13.5. The second-order valence-corrected chi connectivity index (χ2v) is 28.2. The fourth-order valence-corrected chi connectivity index (χ4v) is 13.4. The van der Waals surface area contributed by atoms with Gasteiger partial charge in [-0.25, -0.2) is 0 Å². The van der Waals surface area contributed by atoms with E-state index < -0.39 is 124 Å². The van der Waals surface area contributed by atoms with E-state index in [1.54, 1.807) is 0 Å². The summed E-state index contributed by atoms with van der Waals surface area (Å²) in [5.41, 5.74) is 0. The highest BCUT2D eigenvalue weighted by molar-refractivity contribution is 5.76. The second-order valence-electron chi connectivity index (χ2n) is 28.2. The normalized spacial score (nSPS) is 27.1. The zero-order valence-electron chi connectivity index (χ0n) is 60.6. The van der Waals surface area contributed by atoms with Crippen molar-refractivity contribution < 1.29 is 89.4 Å². The molecule has 97 heavy (non-hydrogen) atoms. The van der Waals surface area contributed by atoms with Crippen molar-refractivity contribution in [3.8, 4) is 0 Å². The van der Waals surface area contributed by atoms with E-state index in [9.17, 15) is 61.0 Å². The van der Waals surface area contributed by atoms with Crippen LogP contribution >= 0.6 is 0 Å². The van der Waals surface area contributed by atoms with Crippen molar-refractivity contribution in [1.29, 1.82) is 0 Å². The number of carbonyl (C=O) groups is 1. The standard InChI is InChI=1S/C78H143NO18/c1-3-5-7-9-11-13-15-17-19-21-22-23-24-25-26-27-28-29-30-31-32-33-34-35-36-37-38-40-42-44-46-48-50-52-54-56-66(84)79-61(62(83)55-53-51-49-47-45-43-41-39-20-18-16-14-12-10-8-6-4-2)60-92-76-72(90)69(87)74(64(58-81)94-76)97-78-73(91)70(88)75(65(59-82)95-78)96-77-71(89)68(86)67(85)63(57-80)93-77/h5,7,11,13,17,19,22-23,61-65,67-78,80-83,85-91H,3-4,6,8-10,12,14-16,18,20-21,24-60H2,1-2H3,(H,79,84)/b7-5-,13-11-,19-17-,23-22-. The van der Waals surface area contributed by atoms with Crippen molar-refractivity contribution in [2.24, 2.45) is 0 Å². The van der Waals surface area contributed by atoms with E-state index in [0.717, 1.165) is 70.6 Å². The molecule has 12 N–H and O–H groups in total. The Balaban J connectivity index is 1.33. The van der Waals surface area contributed by atoms with Crippen LogP contribution in [0.1, 0.15) is 309 Å². The monoisotopic (exact) mass is 1380 g/mol. The molecule has 3 heterocycles. The molecule has 17 atom stereocenters. The number of unbranched alkanes of at least 4 members (excludes halogenated alkanes) is 38. The lowest BCUT2D eigenvalue weighted by Crippen LogP contribution is -2.66. The topological polar surface area (TPSA) is 307 Å². The summed E-state index contributed by atoms with van der Waals surface area (Å²) in [4.78, 5) is 13.5. The van der Waals surface area contributed by atoms with Gasteiger partial charge in [0.05, 0.1) is 38.6 Å². The molecular weight excluding hydrogens is 1240 g/mol. The molecule has 3 aliphatic rings. The molecule has 0 aromatic heterocycles. The van der Waals surface area contributed by atoms with Crippen molar-refractivity contribution in [2.45, 2.75) is 413 Å². The SMILES string of the molecule is CC/C=C\C/C=C\C/C=C\C/C=C\CCCCCCCCCCCCCCCCCCCCCCCCC(=O)NC(COC1OC(CO)C(OC2OC(CO)C(OC3OC(CO)C(O)C(O)C3O)C(O)C2O)C(O)C1O)C(O)CCCCCCCCCCCCCCCCCCC. The van der Waals surface area contributed by atoms with Crippen LogP contribution in [0.3, 0.4) is 0 Å². The Morgan fingerprint density at radius 1 is 0.381 bits per heavy atom. The van der Waals surface area contributed by atoms with E-state index >= 15 is 0 Å². The lowest BCUT2D eigenvalue weighted by Gasteiger charge is -2.48. The van der Waals surface area contributed by atoms with Crippen molar-refractivity contribution in [2.75, 3.05) is 26.4 Å². The average molecular weight is 1380 g/mol. The van der Waals surface area contributed by atoms with E-state index in [-0.39, 0.29) is 18.9 Å². The van der Waals surface area contributed by atoms with E-state index in [1.165, 1.54) is 205 Å². The van der Waals surface area contributed by atoms with Crippen LogP contribution in [0.5, 0.6) is 0 Å². The lowest BCUT2D eigenvalue weighted by atomic mass is 9.96. The van der Waals surface area contributed by atoms with Crippen LogP contribution in [-0.2, 0) is 33.2 Å². The summed E-state index contributed by atoms with van der Waals surface area (Å²) < 4.78 is 34.5. The third-order valence-electron chi connectivity index (χ3n) is 19.7. The number of rotatable bonds is 62. The Bertz CT molecular complexity index is 1940. The van der Waals surface area contributed by atoms with Crippen LogP contribution < -0.4 is 5.32 Å². The molecule has 3 fully saturated rings. The first-order valence-corrected chi connectivity index (χ1v) is 39.4. The molecule has 0 aromatic carbocycles. The van der Waals surface area contributed by atoms with Gasteiger partial charge in [-0.1, -0.05) is 300 Å². The molecule has 0 radical (unpaired) electrons. The minimum Gasteiger partial charge on any atom is -0.394 e. The number of nitrogens with one attached hydrogen (secondary N) is 1. The Kier molecular flexibility index (Phi) is 54.3. The summed E-state index contributed by atoms with van der Waals surface area (Å²) in [7, 11) is 0. The number of carbonyl (C=O) groups excluding carboxylic acids is 1. The van der Waals surface area contributed by atoms with Crippen LogP contribution in [-0.4, -0.2) is 193 Å². The molecule has 0 aromatic rings. The molecule has 3 rings (SSSR count). The maximum absolute atomic E-state index is 13.5. The van der Waals surface area contributed by atoms with Crippen LogP contribution in [0, 0.1) is 0 Å². The zero-order valence-corrected chi connectivity index (χ0v) is 60.6. The molecule has 19 heteroatoms. The van der Waals surface area contributed by atoms with E-state index in [4.69, 9.17) is 28.4 Å². The van der Waals surface area contributed by atoms with Crippen LogP contribution in [0.4, 0.5) is 0 Å². The van der Waals surface area contributed by atoms with Crippen molar-refractivity contribution in [3.63, 3.8) is 0 Å². The summed E-state index contributed by atoms with van der Waals surface area (Å²) in [5, 5.41) is 121. The molecule has 568 valence electrons. The molecule has 3 aliphatic heterocycles. The van der Waals surface area contributed by atoms with E-state index in [0.29, 0.717) is 12.8 Å². The molecule has 3 saturated heterocycles. The Morgan fingerprint density at radius 2 is 0.711 bits per heavy atom. The largest absolute Gasteiger partial charge is 0.394 e. The molecule has 0 bridgehead atoms. The highest BCUT2D eigenvalue weighted by atomic mass is 16.8. The fourth-order valence-electron chi connectivity index (χ4n) is 13.4. The summed E-state index contributed by atoms with van der Waals surface area (Å²) >= 11 is 0. The van der Waals surface area contributed by atoms with Crippen LogP contribution in [0.25, 0.3) is 0 Å². The highest BCUT2D eigenvalue weighted by Gasteiger charge is 2.54. The maximum Gasteiger partial charge on any atom is 0.220 e. The number of ether oxygens (including phenoxy) is 6. The molecule has 0 spiro atoms. The Labute approximate surface area is 586 Å². The van der Waals surface area contributed by atoms with Gasteiger partial charge < -0.3 is 89.9 Å². The van der Waals surface area contributed by atoms with Gasteiger partial charge in [-0.3, -0.25) is 4.79 Å². The predicted octanol–water partition coefficient (Wildman–Crippen LogP) is 12.5. The lowest BCUT2D eigenvalue weighted by molar-refractivity contribution is -0.379. The fraction of sp³-hybridized carbons (Fsp3) is 0.885. The van der Waals surface area contributed by atoms with Crippen LogP contribution in [0.15, 0.2) is 48.6 Å². The Hall–Kier alpha value is -2.25. The molecule has 0 aliphatic carbocycles. The smallest absolute Gasteiger partial charge is 0.220 e. The summed E-state index contributed by atoms with van der Waals surface area (Å²) in [6.45, 7) is 1.72. The van der Waals surface area contributed by atoms with Gasteiger partial charge in [-0.2, -0.15) is 0 Å². The number of aliphatic hydroxyl groups excluding tert-OH is 11. The first kappa shape index (κ1) is 89.0. The predicted molar refractivity (Wildman–Crippen MR) is 383 cm³/mol. The van der Waals surface area contributed by atoms with Gasteiger partial charge in [0.2, 0.25) is 5.91 Å². The minimum atomic E-state index is -1.97. The zero-order chi connectivity index (χ0) is 70.4. The summed E-state index contributed by atoms with van der Waals surface area (Å²) in [6, 6.07) is -0.886.